The van der Waals surface area contributed by atoms with E-state index in [1.54, 1.807) is 11.8 Å². The molecule has 2 unspecified atom stereocenters. The first-order chi connectivity index (χ1) is 16.7. The van der Waals surface area contributed by atoms with Crippen molar-refractivity contribution >= 4 is 11.7 Å². The van der Waals surface area contributed by atoms with Gasteiger partial charge in [0.25, 0.3) is 0 Å². The average molecular weight is 459 g/mol. The monoisotopic (exact) mass is 458 g/mol. The zero-order valence-corrected chi connectivity index (χ0v) is 19.0. The van der Waals surface area contributed by atoms with Gasteiger partial charge in [-0.05, 0) is 35.6 Å². The molecule has 0 radical (unpaired) electrons. The quantitative estimate of drug-likeness (QED) is 0.632. The van der Waals surface area contributed by atoms with Crippen molar-refractivity contribution in [2.24, 2.45) is 0 Å². The number of carbonyl (C=O) groups is 1. The van der Waals surface area contributed by atoms with Crippen LogP contribution in [0.25, 0.3) is 0 Å². The Morgan fingerprint density at radius 2 is 1.88 bits per heavy atom. The van der Waals surface area contributed by atoms with E-state index >= 15 is 0 Å². The van der Waals surface area contributed by atoms with E-state index in [-0.39, 0.29) is 11.7 Å². The van der Waals surface area contributed by atoms with Gasteiger partial charge in [-0.15, -0.1) is 0 Å². The van der Waals surface area contributed by atoms with Gasteiger partial charge in [0.2, 0.25) is 5.95 Å². The Hall–Kier alpha value is -3.65. The summed E-state index contributed by atoms with van der Waals surface area (Å²) in [7, 11) is 1.62. The molecule has 2 aromatic carbocycles. The Kier molecular flexibility index (Phi) is 5.30. The molecule has 3 aromatic rings. The number of ether oxygens (including phenoxy) is 3. The normalized spacial score (nSPS) is 21.4. The van der Waals surface area contributed by atoms with Crippen molar-refractivity contribution in [3.8, 4) is 11.5 Å². The predicted octanol–water partition coefficient (Wildman–Crippen LogP) is 4.00. The lowest BCUT2D eigenvalue weighted by Crippen LogP contribution is -2.33. The number of nitrogens with zero attached hydrogens (tertiary/aromatic N) is 3. The van der Waals surface area contributed by atoms with Gasteiger partial charge in [-0.3, -0.25) is 4.79 Å². The first kappa shape index (κ1) is 20.9. The molecule has 0 spiro atoms. The molecular formula is C26H26N4O4. The van der Waals surface area contributed by atoms with Crippen LogP contribution in [-0.4, -0.2) is 40.9 Å². The second kappa shape index (κ2) is 8.61. The summed E-state index contributed by atoms with van der Waals surface area (Å²) in [5, 5.41) is 8.11. The first-order valence-corrected chi connectivity index (χ1v) is 11.6. The van der Waals surface area contributed by atoms with E-state index in [4.69, 9.17) is 19.3 Å². The largest absolute Gasteiger partial charge is 0.490 e. The smallest absolute Gasteiger partial charge is 0.226 e. The number of benzene rings is 2. The highest BCUT2D eigenvalue weighted by molar-refractivity contribution is 6.00. The van der Waals surface area contributed by atoms with E-state index in [9.17, 15) is 4.79 Å². The minimum atomic E-state index is -0.397. The van der Waals surface area contributed by atoms with Crippen molar-refractivity contribution in [1.82, 2.24) is 14.8 Å². The summed E-state index contributed by atoms with van der Waals surface area (Å²) in [6.45, 7) is 1.52. The number of fused-ring (bicyclic) bond motifs is 2. The molecule has 0 amide bonds. The van der Waals surface area contributed by atoms with Crippen LogP contribution in [-0.2, 0) is 16.1 Å². The zero-order chi connectivity index (χ0) is 23.1. The van der Waals surface area contributed by atoms with Gasteiger partial charge in [0.15, 0.2) is 23.1 Å². The Bertz CT molecular complexity index is 1270. The van der Waals surface area contributed by atoms with Gasteiger partial charge in [0.05, 0.1) is 13.2 Å². The SMILES string of the molecule is COCc1nc2n(n1)C(c1ccc3c(c1)OCCCO3)C1=C(CC(c3ccccc3)CC1=O)N2. The number of nitrogens with one attached hydrogen (secondary N) is 1. The van der Waals surface area contributed by atoms with E-state index in [0.717, 1.165) is 35.4 Å². The van der Waals surface area contributed by atoms with Crippen molar-refractivity contribution in [2.75, 3.05) is 25.6 Å². The second-order valence-electron chi connectivity index (χ2n) is 8.84. The van der Waals surface area contributed by atoms with E-state index in [1.807, 2.05) is 36.4 Å². The van der Waals surface area contributed by atoms with E-state index < -0.39 is 6.04 Å². The fourth-order valence-corrected chi connectivity index (χ4v) is 5.07. The van der Waals surface area contributed by atoms with Crippen molar-refractivity contribution in [2.45, 2.75) is 37.8 Å². The molecule has 0 saturated carbocycles. The van der Waals surface area contributed by atoms with Gasteiger partial charge >= 0.3 is 0 Å². The van der Waals surface area contributed by atoms with Gasteiger partial charge in [-0.25, -0.2) is 4.68 Å². The number of anilines is 1. The molecule has 2 aliphatic heterocycles. The minimum Gasteiger partial charge on any atom is -0.490 e. The zero-order valence-electron chi connectivity index (χ0n) is 19.0. The fourth-order valence-electron chi connectivity index (χ4n) is 5.07. The number of rotatable bonds is 4. The minimum absolute atomic E-state index is 0.120. The van der Waals surface area contributed by atoms with Crippen molar-refractivity contribution in [3.63, 3.8) is 0 Å². The molecule has 8 heteroatoms. The summed E-state index contributed by atoms with van der Waals surface area (Å²) in [4.78, 5) is 18.3. The van der Waals surface area contributed by atoms with Crippen LogP contribution in [0.3, 0.4) is 0 Å². The van der Waals surface area contributed by atoms with E-state index in [1.165, 1.54) is 5.56 Å². The first-order valence-electron chi connectivity index (χ1n) is 11.6. The third-order valence-corrected chi connectivity index (χ3v) is 6.60. The lowest BCUT2D eigenvalue weighted by Gasteiger charge is -2.35. The predicted molar refractivity (Wildman–Crippen MR) is 125 cm³/mol. The molecular weight excluding hydrogens is 432 g/mol. The summed E-state index contributed by atoms with van der Waals surface area (Å²) < 4.78 is 18.8. The van der Waals surface area contributed by atoms with Crippen LogP contribution < -0.4 is 14.8 Å². The van der Waals surface area contributed by atoms with Crippen LogP contribution in [0.15, 0.2) is 59.8 Å². The number of methoxy groups -OCH3 is 1. The third-order valence-electron chi connectivity index (χ3n) is 6.60. The van der Waals surface area contributed by atoms with Gasteiger partial charge in [-0.1, -0.05) is 36.4 Å². The van der Waals surface area contributed by atoms with Crippen molar-refractivity contribution < 1.29 is 19.0 Å². The molecule has 6 rings (SSSR count). The maximum Gasteiger partial charge on any atom is 0.226 e. The number of carbonyl (C=O) groups excluding carboxylic acids is 1. The number of ketones is 1. The maximum atomic E-state index is 13.6. The summed E-state index contributed by atoms with van der Waals surface area (Å²) in [6.07, 6.45) is 2.03. The lowest BCUT2D eigenvalue weighted by atomic mass is 9.78. The van der Waals surface area contributed by atoms with Crippen LogP contribution in [0.5, 0.6) is 11.5 Å². The van der Waals surface area contributed by atoms with Gasteiger partial charge in [-0.2, -0.15) is 10.1 Å². The molecule has 174 valence electrons. The molecule has 0 fully saturated rings. The molecule has 3 heterocycles. The van der Waals surface area contributed by atoms with Crippen LogP contribution in [0, 0.1) is 0 Å². The molecule has 1 aromatic heterocycles. The summed E-state index contributed by atoms with van der Waals surface area (Å²) in [5.74, 6) is 2.84. The number of hydrogen-bond donors (Lipinski definition) is 1. The maximum absolute atomic E-state index is 13.6. The molecule has 0 saturated heterocycles. The summed E-state index contributed by atoms with van der Waals surface area (Å²) in [5.41, 5.74) is 3.73. The van der Waals surface area contributed by atoms with Gasteiger partial charge < -0.3 is 19.5 Å². The molecule has 3 aliphatic rings. The summed E-state index contributed by atoms with van der Waals surface area (Å²) >= 11 is 0. The van der Waals surface area contributed by atoms with Crippen LogP contribution in [0.2, 0.25) is 0 Å². The summed E-state index contributed by atoms with van der Waals surface area (Å²) in [6, 6.07) is 15.7. The highest BCUT2D eigenvalue weighted by Crippen LogP contribution is 2.45. The molecule has 1 aliphatic carbocycles. The van der Waals surface area contributed by atoms with Crippen LogP contribution in [0.4, 0.5) is 5.95 Å². The van der Waals surface area contributed by atoms with Gasteiger partial charge in [0.1, 0.15) is 12.6 Å². The second-order valence-corrected chi connectivity index (χ2v) is 8.84. The van der Waals surface area contributed by atoms with Gasteiger partial charge in [0, 0.05) is 31.2 Å². The third kappa shape index (κ3) is 3.64. The highest BCUT2D eigenvalue weighted by atomic mass is 16.5. The topological polar surface area (TPSA) is 87.5 Å². The average Bonchev–Trinajstić information content (AvgIpc) is 3.10. The lowest BCUT2D eigenvalue weighted by molar-refractivity contribution is -0.116. The number of hydrogen-bond acceptors (Lipinski definition) is 7. The van der Waals surface area contributed by atoms with E-state index in [0.29, 0.717) is 43.8 Å². The Labute approximate surface area is 197 Å². The molecule has 2 atom stereocenters. The van der Waals surface area contributed by atoms with Crippen LogP contribution >= 0.6 is 0 Å². The van der Waals surface area contributed by atoms with Crippen LogP contribution in [0.1, 0.15) is 48.2 Å². The Morgan fingerprint density at radius 3 is 2.71 bits per heavy atom. The highest BCUT2D eigenvalue weighted by Gasteiger charge is 2.40. The van der Waals surface area contributed by atoms with E-state index in [2.05, 4.69) is 22.4 Å². The Morgan fingerprint density at radius 1 is 1.06 bits per heavy atom. The van der Waals surface area contributed by atoms with Crippen molar-refractivity contribution in [3.05, 3.63) is 76.8 Å². The standard InChI is InChI=1S/C26H26N4O4/c1-32-15-23-28-26-27-19-12-18(16-6-3-2-4-7-16)13-20(31)24(19)25(30(26)29-23)17-8-9-21-22(14-17)34-11-5-10-33-21/h2-4,6-9,14,18,25H,5,10-13,15H2,1H3,(H,27,28,29). The van der Waals surface area contributed by atoms with Crippen molar-refractivity contribution in [1.29, 1.82) is 0 Å². The number of Topliss-reactive ketones (excluding diaryl/α,β-unsaturated/α-hetero) is 1. The molecule has 34 heavy (non-hydrogen) atoms. The molecule has 0 bridgehead atoms. The molecule has 8 nitrogen and oxygen atoms in total. The molecule has 1 N–H and O–H groups in total. The fraction of sp³-hybridized carbons (Fsp3) is 0.346. The number of allylic oxidation sites excluding steroid dienone is 2. The Balaban J connectivity index is 1.45. The number of aromatic nitrogens is 3.